The Bertz CT molecular complexity index is 449. The Morgan fingerprint density at radius 1 is 1.24 bits per heavy atom. The van der Waals surface area contributed by atoms with Crippen LogP contribution in [0.4, 0.5) is 5.69 Å². The maximum absolute atomic E-state index is 10.7. The van der Waals surface area contributed by atoms with E-state index >= 15 is 0 Å². The van der Waals surface area contributed by atoms with Crippen LogP contribution in [0.1, 0.15) is 25.8 Å². The van der Waals surface area contributed by atoms with Crippen LogP contribution in [0, 0.1) is 6.92 Å². The molecule has 2 nitrogen and oxygen atoms in total. The number of carbonyl (C=O) groups is 1. The first-order valence-corrected chi connectivity index (χ1v) is 5.70. The molecule has 0 heterocycles. The van der Waals surface area contributed by atoms with Gasteiger partial charge in [-0.2, -0.15) is 0 Å². The summed E-state index contributed by atoms with van der Waals surface area (Å²) >= 11 is 0. The smallest absolute Gasteiger partial charge is 0.159 e. The second kappa shape index (κ2) is 6.04. The van der Waals surface area contributed by atoms with E-state index in [1.54, 1.807) is 6.92 Å². The first-order valence-electron chi connectivity index (χ1n) is 5.70. The molecule has 0 spiro atoms. The number of hydrogen-bond acceptors (Lipinski definition) is 2. The number of ketones is 1. The molecule has 0 amide bonds. The van der Waals surface area contributed by atoms with Gasteiger partial charge in [-0.1, -0.05) is 35.9 Å². The van der Waals surface area contributed by atoms with E-state index in [1.807, 2.05) is 50.3 Å². The molecule has 0 saturated carbocycles. The van der Waals surface area contributed by atoms with Crippen LogP contribution in [-0.4, -0.2) is 5.78 Å². The molecular formula is C15H19NO. The number of Topliss-reactive ketones (excluding diaryl/α,β-unsaturated/α-hetero) is 1. The van der Waals surface area contributed by atoms with Crippen molar-refractivity contribution >= 4 is 11.5 Å². The quantitative estimate of drug-likeness (QED) is 0.750. The van der Waals surface area contributed by atoms with Crippen molar-refractivity contribution in [1.82, 2.24) is 0 Å². The van der Waals surface area contributed by atoms with Crippen LogP contribution < -0.4 is 5.73 Å². The number of aryl methyl sites for hydroxylation is 1. The molecule has 1 aliphatic carbocycles. The molecule has 1 aromatic carbocycles. The highest BCUT2D eigenvalue weighted by Crippen LogP contribution is 2.18. The summed E-state index contributed by atoms with van der Waals surface area (Å²) in [6.07, 6.45) is 4.87. The van der Waals surface area contributed by atoms with E-state index in [-0.39, 0.29) is 5.78 Å². The zero-order valence-corrected chi connectivity index (χ0v) is 10.7. The number of benzene rings is 1. The molecule has 0 fully saturated rings. The average molecular weight is 229 g/mol. The Labute approximate surface area is 103 Å². The van der Waals surface area contributed by atoms with Gasteiger partial charge in [-0.15, -0.1) is 0 Å². The standard InChI is InChI=1S/C8H10O.C7H9N/c1-6-4-3-5-8(6)7(2)9;1-6-4-2-3-5-7(6)8/h3,5H,4H2,1-2H3;2-5H,8H2,1H3. The van der Waals surface area contributed by atoms with Gasteiger partial charge in [0.05, 0.1) is 0 Å². The number of nitrogen functional groups attached to an aromatic ring is 1. The molecule has 1 aliphatic rings. The second-order valence-electron chi connectivity index (χ2n) is 4.21. The number of rotatable bonds is 1. The minimum Gasteiger partial charge on any atom is -0.399 e. The summed E-state index contributed by atoms with van der Waals surface area (Å²) in [4.78, 5) is 10.7. The van der Waals surface area contributed by atoms with Crippen LogP contribution in [0.25, 0.3) is 0 Å². The van der Waals surface area contributed by atoms with Crippen molar-refractivity contribution in [2.75, 3.05) is 5.73 Å². The van der Waals surface area contributed by atoms with Crippen LogP contribution in [0.3, 0.4) is 0 Å². The van der Waals surface area contributed by atoms with E-state index in [9.17, 15) is 4.79 Å². The molecule has 1 aromatic rings. The highest BCUT2D eigenvalue weighted by molar-refractivity contribution is 5.97. The third-order valence-corrected chi connectivity index (χ3v) is 2.74. The molecule has 2 heteroatoms. The van der Waals surface area contributed by atoms with Gasteiger partial charge in [0.15, 0.2) is 5.78 Å². The van der Waals surface area contributed by atoms with Crippen molar-refractivity contribution in [2.45, 2.75) is 27.2 Å². The fourth-order valence-corrected chi connectivity index (χ4v) is 1.61. The van der Waals surface area contributed by atoms with E-state index in [1.165, 1.54) is 5.57 Å². The Morgan fingerprint density at radius 2 is 1.88 bits per heavy atom. The molecule has 0 atom stereocenters. The van der Waals surface area contributed by atoms with Gasteiger partial charge in [-0.05, 0) is 38.8 Å². The number of nitrogens with two attached hydrogens (primary N) is 1. The average Bonchev–Trinajstić information content (AvgIpc) is 2.70. The molecule has 0 saturated heterocycles. The molecular weight excluding hydrogens is 210 g/mol. The molecule has 0 radical (unpaired) electrons. The molecule has 0 bridgehead atoms. The van der Waals surface area contributed by atoms with Crippen molar-refractivity contribution in [1.29, 1.82) is 0 Å². The van der Waals surface area contributed by atoms with Crippen LogP contribution >= 0.6 is 0 Å². The molecule has 0 aromatic heterocycles. The molecule has 90 valence electrons. The van der Waals surface area contributed by atoms with Crippen molar-refractivity contribution in [3.05, 3.63) is 53.1 Å². The Hall–Kier alpha value is -1.83. The summed E-state index contributed by atoms with van der Waals surface area (Å²) in [7, 11) is 0. The SMILES string of the molecule is CC(=O)C1=C(C)CC=C1.Cc1ccccc1N. The zero-order chi connectivity index (χ0) is 12.8. The maximum atomic E-state index is 10.7. The molecule has 2 rings (SSSR count). The number of carbonyl (C=O) groups excluding carboxylic acids is 1. The third-order valence-electron chi connectivity index (χ3n) is 2.74. The third kappa shape index (κ3) is 3.91. The Balaban J connectivity index is 0.000000171. The van der Waals surface area contributed by atoms with E-state index < -0.39 is 0 Å². The predicted molar refractivity (Wildman–Crippen MR) is 72.7 cm³/mol. The number of hydrogen-bond donors (Lipinski definition) is 1. The first-order chi connectivity index (χ1) is 8.02. The second-order valence-corrected chi connectivity index (χ2v) is 4.21. The zero-order valence-electron chi connectivity index (χ0n) is 10.7. The monoisotopic (exact) mass is 229 g/mol. The largest absolute Gasteiger partial charge is 0.399 e. The van der Waals surface area contributed by atoms with Crippen LogP contribution in [0.2, 0.25) is 0 Å². The lowest BCUT2D eigenvalue weighted by molar-refractivity contribution is -0.113. The lowest BCUT2D eigenvalue weighted by atomic mass is 10.1. The summed E-state index contributed by atoms with van der Waals surface area (Å²) in [6.45, 7) is 5.60. The van der Waals surface area contributed by atoms with E-state index in [0.717, 1.165) is 23.2 Å². The summed E-state index contributed by atoms with van der Waals surface area (Å²) < 4.78 is 0. The van der Waals surface area contributed by atoms with Gasteiger partial charge >= 0.3 is 0 Å². The van der Waals surface area contributed by atoms with Gasteiger partial charge in [0.1, 0.15) is 0 Å². The number of allylic oxidation sites excluding steroid dienone is 4. The minimum absolute atomic E-state index is 0.182. The molecule has 0 unspecified atom stereocenters. The highest BCUT2D eigenvalue weighted by atomic mass is 16.1. The number of para-hydroxylation sites is 1. The minimum atomic E-state index is 0.182. The highest BCUT2D eigenvalue weighted by Gasteiger charge is 2.07. The lowest BCUT2D eigenvalue weighted by Crippen LogP contribution is -1.92. The van der Waals surface area contributed by atoms with Crippen molar-refractivity contribution in [3.63, 3.8) is 0 Å². The van der Waals surface area contributed by atoms with Gasteiger partial charge in [-0.25, -0.2) is 0 Å². The van der Waals surface area contributed by atoms with Gasteiger partial charge in [0, 0.05) is 11.3 Å². The Kier molecular flexibility index (Phi) is 4.70. The van der Waals surface area contributed by atoms with Gasteiger partial charge in [0.25, 0.3) is 0 Å². The van der Waals surface area contributed by atoms with Crippen molar-refractivity contribution in [3.8, 4) is 0 Å². The van der Waals surface area contributed by atoms with Crippen LogP contribution in [-0.2, 0) is 4.79 Å². The topological polar surface area (TPSA) is 43.1 Å². The van der Waals surface area contributed by atoms with Gasteiger partial charge in [0.2, 0.25) is 0 Å². The normalized spacial score (nSPS) is 13.4. The van der Waals surface area contributed by atoms with Gasteiger partial charge < -0.3 is 5.73 Å². The van der Waals surface area contributed by atoms with Crippen molar-refractivity contribution < 1.29 is 4.79 Å². The van der Waals surface area contributed by atoms with E-state index in [0.29, 0.717) is 0 Å². The lowest BCUT2D eigenvalue weighted by Gasteiger charge is -1.93. The molecule has 17 heavy (non-hydrogen) atoms. The summed E-state index contributed by atoms with van der Waals surface area (Å²) in [5.41, 5.74) is 9.63. The maximum Gasteiger partial charge on any atom is 0.159 e. The predicted octanol–water partition coefficient (Wildman–Crippen LogP) is 3.43. The van der Waals surface area contributed by atoms with Crippen LogP contribution in [0.5, 0.6) is 0 Å². The summed E-state index contributed by atoms with van der Waals surface area (Å²) in [5, 5.41) is 0. The Morgan fingerprint density at radius 3 is 2.18 bits per heavy atom. The van der Waals surface area contributed by atoms with Crippen molar-refractivity contribution in [2.24, 2.45) is 0 Å². The summed E-state index contributed by atoms with van der Waals surface area (Å²) in [5.74, 6) is 0.182. The fourth-order valence-electron chi connectivity index (χ4n) is 1.61. The van der Waals surface area contributed by atoms with E-state index in [2.05, 4.69) is 0 Å². The fraction of sp³-hybridized carbons (Fsp3) is 0.267. The van der Waals surface area contributed by atoms with Gasteiger partial charge in [-0.3, -0.25) is 4.79 Å². The molecule has 2 N–H and O–H groups in total. The molecule has 0 aliphatic heterocycles. The summed E-state index contributed by atoms with van der Waals surface area (Å²) in [6, 6.07) is 7.80. The number of anilines is 1. The first kappa shape index (κ1) is 13.2. The van der Waals surface area contributed by atoms with E-state index in [4.69, 9.17) is 5.73 Å². The van der Waals surface area contributed by atoms with Crippen LogP contribution in [0.15, 0.2) is 47.6 Å².